The van der Waals surface area contributed by atoms with E-state index in [0.29, 0.717) is 0 Å². The lowest BCUT2D eigenvalue weighted by atomic mass is 10.2. The maximum Gasteiger partial charge on any atom is 0.307 e. The molecule has 6 nitrogen and oxygen atoms in total. The smallest absolute Gasteiger partial charge is 0.307 e. The lowest BCUT2D eigenvalue weighted by molar-refractivity contribution is -0.384. The summed E-state index contributed by atoms with van der Waals surface area (Å²) in [5.41, 5.74) is 1.85. The first kappa shape index (κ1) is 11.1. The molecule has 6 heteroatoms. The normalized spacial score (nSPS) is 10.2. The summed E-state index contributed by atoms with van der Waals surface area (Å²) in [6.45, 7) is 0. The first-order chi connectivity index (χ1) is 8.08. The van der Waals surface area contributed by atoms with Crippen LogP contribution >= 0.6 is 0 Å². The van der Waals surface area contributed by atoms with Crippen LogP contribution in [0.3, 0.4) is 0 Å². The van der Waals surface area contributed by atoms with Gasteiger partial charge in [-0.2, -0.15) is 5.10 Å². The third-order valence-electron chi connectivity index (χ3n) is 2.41. The second-order valence-electron chi connectivity index (χ2n) is 3.81. The van der Waals surface area contributed by atoms with E-state index in [9.17, 15) is 10.1 Å². The Labute approximate surface area is 98.2 Å². The van der Waals surface area contributed by atoms with Crippen molar-refractivity contribution in [2.24, 2.45) is 0 Å². The summed E-state index contributed by atoms with van der Waals surface area (Å²) in [6.07, 6.45) is 2.63. The third kappa shape index (κ3) is 2.25. The molecule has 2 aromatic rings. The number of aromatic nitrogens is 2. The van der Waals surface area contributed by atoms with Crippen LogP contribution in [-0.2, 0) is 0 Å². The van der Waals surface area contributed by atoms with Crippen LogP contribution in [0.4, 0.5) is 11.4 Å². The van der Waals surface area contributed by atoms with Gasteiger partial charge < -0.3 is 4.90 Å². The molecule has 0 bridgehead atoms. The minimum Gasteiger partial charge on any atom is -0.378 e. The maximum atomic E-state index is 10.5. The average Bonchev–Trinajstić information content (AvgIpc) is 2.78. The molecule has 0 spiro atoms. The van der Waals surface area contributed by atoms with Crippen LogP contribution in [0.5, 0.6) is 0 Å². The van der Waals surface area contributed by atoms with Gasteiger partial charge in [-0.25, -0.2) is 4.68 Å². The molecule has 0 atom stereocenters. The molecule has 0 amide bonds. The minimum atomic E-state index is -0.461. The van der Waals surface area contributed by atoms with E-state index in [1.165, 1.54) is 17.1 Å². The Hall–Kier alpha value is -2.37. The fraction of sp³-hybridized carbons (Fsp3) is 0.182. The molecule has 2 rings (SSSR count). The second-order valence-corrected chi connectivity index (χ2v) is 3.81. The molecule has 0 saturated carbocycles. The molecule has 0 aliphatic heterocycles. The van der Waals surface area contributed by atoms with Gasteiger partial charge in [0, 0.05) is 19.8 Å². The zero-order valence-corrected chi connectivity index (χ0v) is 9.57. The lowest BCUT2D eigenvalue weighted by Crippen LogP contribution is -2.08. The molecule has 1 aromatic carbocycles. The highest BCUT2D eigenvalue weighted by Crippen LogP contribution is 2.17. The predicted molar refractivity (Wildman–Crippen MR) is 64.5 cm³/mol. The largest absolute Gasteiger partial charge is 0.378 e. The third-order valence-corrected chi connectivity index (χ3v) is 2.41. The van der Waals surface area contributed by atoms with Crippen LogP contribution in [0.1, 0.15) is 0 Å². The van der Waals surface area contributed by atoms with Crippen molar-refractivity contribution in [2.45, 2.75) is 0 Å². The number of rotatable bonds is 3. The van der Waals surface area contributed by atoms with E-state index in [1.807, 2.05) is 43.3 Å². The molecule has 0 unspecified atom stereocenters. The fourth-order valence-electron chi connectivity index (χ4n) is 1.45. The Morgan fingerprint density at radius 2 is 1.94 bits per heavy atom. The Morgan fingerprint density at radius 3 is 2.41 bits per heavy atom. The highest BCUT2D eigenvalue weighted by molar-refractivity contribution is 5.49. The lowest BCUT2D eigenvalue weighted by Gasteiger charge is -2.12. The van der Waals surface area contributed by atoms with Gasteiger partial charge in [-0.3, -0.25) is 10.1 Å². The van der Waals surface area contributed by atoms with E-state index in [1.54, 1.807) is 0 Å². The van der Waals surface area contributed by atoms with E-state index in [0.717, 1.165) is 11.4 Å². The molecular weight excluding hydrogens is 220 g/mol. The average molecular weight is 232 g/mol. The Kier molecular flexibility index (Phi) is 2.78. The summed E-state index contributed by atoms with van der Waals surface area (Å²) in [5, 5.41) is 14.5. The van der Waals surface area contributed by atoms with Crippen molar-refractivity contribution in [2.75, 3.05) is 19.0 Å². The highest BCUT2D eigenvalue weighted by atomic mass is 16.6. The molecule has 0 aliphatic rings. The van der Waals surface area contributed by atoms with Gasteiger partial charge in [-0.15, -0.1) is 0 Å². The number of benzene rings is 1. The van der Waals surface area contributed by atoms with Gasteiger partial charge in [-0.05, 0) is 24.3 Å². The monoisotopic (exact) mass is 232 g/mol. The minimum absolute atomic E-state index is 0.0123. The van der Waals surface area contributed by atoms with Crippen LogP contribution in [0.15, 0.2) is 36.7 Å². The van der Waals surface area contributed by atoms with Gasteiger partial charge in [0.2, 0.25) is 0 Å². The number of hydrogen-bond acceptors (Lipinski definition) is 4. The van der Waals surface area contributed by atoms with Gasteiger partial charge in [-0.1, -0.05) is 0 Å². The molecule has 0 N–H and O–H groups in total. The van der Waals surface area contributed by atoms with Gasteiger partial charge in [0.1, 0.15) is 12.4 Å². The van der Waals surface area contributed by atoms with E-state index >= 15 is 0 Å². The summed E-state index contributed by atoms with van der Waals surface area (Å²) in [4.78, 5) is 12.1. The zero-order valence-electron chi connectivity index (χ0n) is 9.57. The first-order valence-corrected chi connectivity index (χ1v) is 5.05. The Morgan fingerprint density at radius 1 is 1.29 bits per heavy atom. The zero-order chi connectivity index (χ0) is 12.4. The molecule has 1 aromatic heterocycles. The van der Waals surface area contributed by atoms with E-state index < -0.39 is 4.92 Å². The van der Waals surface area contributed by atoms with Crippen LogP contribution in [0, 0.1) is 10.1 Å². The van der Waals surface area contributed by atoms with Crippen molar-refractivity contribution in [1.82, 2.24) is 9.78 Å². The molecule has 0 saturated heterocycles. The number of anilines is 1. The predicted octanol–water partition coefficient (Wildman–Crippen LogP) is 1.85. The standard InChI is InChI=1S/C11H12N4O2/c1-13(2)9-3-5-10(6-4-9)14-8-11(7-12-14)15(16)17/h3-8H,1-2H3. The van der Waals surface area contributed by atoms with Crippen LogP contribution < -0.4 is 4.90 Å². The van der Waals surface area contributed by atoms with Crippen molar-refractivity contribution in [1.29, 1.82) is 0 Å². The summed E-state index contributed by atoms with van der Waals surface area (Å²) >= 11 is 0. The SMILES string of the molecule is CN(C)c1ccc(-n2cc([N+](=O)[O-])cn2)cc1. The molecule has 0 fully saturated rings. The quantitative estimate of drug-likeness (QED) is 0.598. The topological polar surface area (TPSA) is 64.2 Å². The molecular formula is C11H12N4O2. The van der Waals surface area contributed by atoms with Crippen molar-refractivity contribution in [3.05, 3.63) is 46.8 Å². The van der Waals surface area contributed by atoms with Crippen LogP contribution in [0.2, 0.25) is 0 Å². The van der Waals surface area contributed by atoms with E-state index in [4.69, 9.17) is 0 Å². The number of nitro groups is 1. The number of nitrogens with zero attached hydrogens (tertiary/aromatic N) is 4. The molecule has 88 valence electrons. The second kappa shape index (κ2) is 4.25. The molecule has 1 heterocycles. The van der Waals surface area contributed by atoms with E-state index in [-0.39, 0.29) is 5.69 Å². The van der Waals surface area contributed by atoms with Crippen LogP contribution in [-0.4, -0.2) is 28.8 Å². The Balaban J connectivity index is 2.30. The fourth-order valence-corrected chi connectivity index (χ4v) is 1.45. The van der Waals surface area contributed by atoms with Crippen molar-refractivity contribution < 1.29 is 4.92 Å². The van der Waals surface area contributed by atoms with Gasteiger partial charge in [0.05, 0.1) is 10.6 Å². The molecule has 17 heavy (non-hydrogen) atoms. The van der Waals surface area contributed by atoms with Crippen molar-refractivity contribution in [3.8, 4) is 5.69 Å². The first-order valence-electron chi connectivity index (χ1n) is 5.05. The van der Waals surface area contributed by atoms with E-state index in [2.05, 4.69) is 5.10 Å². The summed E-state index contributed by atoms with van der Waals surface area (Å²) in [5.74, 6) is 0. The highest BCUT2D eigenvalue weighted by Gasteiger charge is 2.09. The van der Waals surface area contributed by atoms with Gasteiger partial charge in [0.15, 0.2) is 0 Å². The van der Waals surface area contributed by atoms with Gasteiger partial charge in [0.25, 0.3) is 0 Å². The van der Waals surface area contributed by atoms with Gasteiger partial charge >= 0.3 is 5.69 Å². The van der Waals surface area contributed by atoms with Crippen molar-refractivity contribution in [3.63, 3.8) is 0 Å². The Bertz CT molecular complexity index is 531. The molecule has 0 radical (unpaired) electrons. The number of hydrogen-bond donors (Lipinski definition) is 0. The van der Waals surface area contributed by atoms with Crippen molar-refractivity contribution >= 4 is 11.4 Å². The maximum absolute atomic E-state index is 10.5. The van der Waals surface area contributed by atoms with Crippen LogP contribution in [0.25, 0.3) is 5.69 Å². The summed E-state index contributed by atoms with van der Waals surface area (Å²) in [7, 11) is 3.90. The summed E-state index contributed by atoms with van der Waals surface area (Å²) in [6, 6.07) is 7.60. The summed E-state index contributed by atoms with van der Waals surface area (Å²) < 4.78 is 1.48. The molecule has 0 aliphatic carbocycles.